The molecule has 7 rings (SSSR count). The van der Waals surface area contributed by atoms with Crippen LogP contribution in [0.2, 0.25) is 0 Å². The summed E-state index contributed by atoms with van der Waals surface area (Å²) < 4.78 is 32.4. The van der Waals surface area contributed by atoms with Crippen molar-refractivity contribution in [2.24, 2.45) is 23.2 Å². The molecule has 2 saturated carbocycles. The number of rotatable bonds is 8. The number of hydrogen-bond acceptors (Lipinski definition) is 11. The molecule has 53 heavy (non-hydrogen) atoms. The van der Waals surface area contributed by atoms with Gasteiger partial charge in [-0.1, -0.05) is 32.0 Å². The monoisotopic (exact) mass is 749 g/mol. The zero-order valence-electron chi connectivity index (χ0n) is 32.1. The maximum atomic E-state index is 15.0. The number of carbonyl (C=O) groups is 1. The number of esters is 1. The standard InChI is InChI=1S/C40H51N3O9S/c1-23-29-32(44)43(38(7,8)34(45)52-36(2,3)4)35(46)42(33(29)53-30(23)31-41-14-15-49-31)20-40(47,27-12-10-11-13-28(27)48-9)26-16-24-18-39(19-25(24)17-26)50-21-37(5,6)22-51-39/h10-15,24-26,47H,16-22H2,1-9H3/t24-,25+,26?,40?. The van der Waals surface area contributed by atoms with Crippen molar-refractivity contribution in [3.05, 3.63) is 68.7 Å². The van der Waals surface area contributed by atoms with Gasteiger partial charge in [0.1, 0.15) is 33.6 Å². The molecule has 3 fully saturated rings. The largest absolute Gasteiger partial charge is 0.496 e. The van der Waals surface area contributed by atoms with E-state index in [1.165, 1.54) is 42.2 Å². The van der Waals surface area contributed by atoms with E-state index in [9.17, 15) is 19.5 Å². The van der Waals surface area contributed by atoms with Gasteiger partial charge in [0, 0.05) is 23.8 Å². The highest BCUT2D eigenvalue weighted by molar-refractivity contribution is 7.22. The summed E-state index contributed by atoms with van der Waals surface area (Å²) in [7, 11) is 1.56. The molecular formula is C40H51N3O9S. The molecule has 4 atom stereocenters. The van der Waals surface area contributed by atoms with E-state index in [1.54, 1.807) is 40.9 Å². The predicted molar refractivity (Wildman–Crippen MR) is 200 cm³/mol. The Bertz CT molecular complexity index is 2130. The molecule has 286 valence electrons. The van der Waals surface area contributed by atoms with E-state index in [0.717, 1.165) is 17.4 Å². The molecule has 3 aromatic heterocycles. The van der Waals surface area contributed by atoms with Crippen molar-refractivity contribution in [3.63, 3.8) is 0 Å². The van der Waals surface area contributed by atoms with E-state index in [-0.39, 0.29) is 35.1 Å². The van der Waals surface area contributed by atoms with Crippen LogP contribution in [0.3, 0.4) is 0 Å². The van der Waals surface area contributed by atoms with Crippen LogP contribution < -0.4 is 16.0 Å². The second-order valence-electron chi connectivity index (χ2n) is 17.5. The van der Waals surface area contributed by atoms with Gasteiger partial charge >= 0.3 is 11.7 Å². The molecule has 2 aliphatic carbocycles. The van der Waals surface area contributed by atoms with Crippen LogP contribution >= 0.6 is 11.3 Å². The molecule has 4 aromatic rings. The lowest BCUT2D eigenvalue weighted by Crippen LogP contribution is -2.55. The van der Waals surface area contributed by atoms with Crippen molar-refractivity contribution < 1.29 is 33.3 Å². The predicted octanol–water partition coefficient (Wildman–Crippen LogP) is 6.37. The van der Waals surface area contributed by atoms with Crippen LogP contribution in [0, 0.1) is 30.1 Å². The van der Waals surface area contributed by atoms with Gasteiger partial charge in [-0.2, -0.15) is 0 Å². The molecule has 4 heterocycles. The fraction of sp³-hybridized carbons (Fsp3) is 0.600. The molecule has 0 bridgehead atoms. The summed E-state index contributed by atoms with van der Waals surface area (Å²) in [6, 6.07) is 7.33. The Kier molecular flexibility index (Phi) is 9.15. The van der Waals surface area contributed by atoms with Crippen molar-refractivity contribution in [2.75, 3.05) is 20.3 Å². The maximum absolute atomic E-state index is 15.0. The van der Waals surface area contributed by atoms with Crippen LogP contribution in [-0.4, -0.2) is 56.9 Å². The number of carbonyl (C=O) groups excluding carboxylic acids is 1. The Labute approximate surface area is 313 Å². The van der Waals surface area contributed by atoms with Gasteiger partial charge in [0.2, 0.25) is 5.89 Å². The van der Waals surface area contributed by atoms with E-state index in [1.807, 2.05) is 18.2 Å². The Balaban J connectivity index is 1.38. The number of para-hydroxylation sites is 1. The summed E-state index contributed by atoms with van der Waals surface area (Å²) in [6.45, 7) is 15.3. The minimum Gasteiger partial charge on any atom is -0.496 e. The third kappa shape index (κ3) is 6.47. The van der Waals surface area contributed by atoms with Gasteiger partial charge < -0.3 is 28.5 Å². The SMILES string of the molecule is COc1ccccc1C(O)(Cn1c(=O)n(C(C)(C)C(=O)OC(C)(C)C)c(=O)c2c(C)c(-c3ncco3)sc21)C1C[C@@H]2CC3(C[C@@H]2C1)OCC(C)(C)CO3. The molecule has 1 N–H and O–H groups in total. The third-order valence-corrected chi connectivity index (χ3v) is 12.7. The lowest BCUT2D eigenvalue weighted by molar-refractivity contribution is -0.298. The minimum atomic E-state index is -1.70. The number of hydrogen-bond donors (Lipinski definition) is 1. The first-order chi connectivity index (χ1) is 24.8. The average Bonchev–Trinajstić information content (AvgIpc) is 3.88. The number of fused-ring (bicyclic) bond motifs is 2. The average molecular weight is 750 g/mol. The maximum Gasteiger partial charge on any atom is 0.333 e. The number of ether oxygens (including phenoxy) is 4. The summed E-state index contributed by atoms with van der Waals surface area (Å²) in [5.41, 5.74) is -4.53. The molecule has 12 nitrogen and oxygen atoms in total. The van der Waals surface area contributed by atoms with Crippen molar-refractivity contribution in [3.8, 4) is 16.5 Å². The molecule has 1 saturated heterocycles. The number of aryl methyl sites for hydroxylation is 1. The Morgan fingerprint density at radius 1 is 1.06 bits per heavy atom. The Hall–Kier alpha value is -3.78. The van der Waals surface area contributed by atoms with Crippen LogP contribution in [0.1, 0.15) is 85.3 Å². The first-order valence-electron chi connectivity index (χ1n) is 18.4. The highest BCUT2D eigenvalue weighted by Gasteiger charge is 2.57. The second-order valence-corrected chi connectivity index (χ2v) is 18.5. The van der Waals surface area contributed by atoms with Gasteiger partial charge in [-0.25, -0.2) is 19.1 Å². The first-order valence-corrected chi connectivity index (χ1v) is 19.2. The molecule has 1 aliphatic heterocycles. The summed E-state index contributed by atoms with van der Waals surface area (Å²) in [5, 5.41) is 13.6. The molecule has 3 aliphatic rings. The quantitative estimate of drug-likeness (QED) is 0.202. The molecule has 13 heteroatoms. The van der Waals surface area contributed by atoms with Crippen LogP contribution in [0.4, 0.5) is 0 Å². The number of methoxy groups -OCH3 is 1. The lowest BCUT2D eigenvalue weighted by atomic mass is 9.78. The van der Waals surface area contributed by atoms with E-state index in [4.69, 9.17) is 23.4 Å². The lowest BCUT2D eigenvalue weighted by Gasteiger charge is -2.42. The molecule has 0 amide bonds. The highest BCUT2D eigenvalue weighted by Crippen LogP contribution is 2.58. The summed E-state index contributed by atoms with van der Waals surface area (Å²) >= 11 is 1.20. The van der Waals surface area contributed by atoms with Crippen LogP contribution in [0.15, 0.2) is 50.7 Å². The van der Waals surface area contributed by atoms with Gasteiger partial charge in [0.25, 0.3) is 5.56 Å². The van der Waals surface area contributed by atoms with E-state index >= 15 is 0 Å². The number of thiophene rings is 1. The minimum absolute atomic E-state index is 0.0459. The van der Waals surface area contributed by atoms with Gasteiger partial charge in [-0.3, -0.25) is 9.36 Å². The van der Waals surface area contributed by atoms with Gasteiger partial charge in [-0.15, -0.1) is 11.3 Å². The number of nitrogens with zero attached hydrogens (tertiary/aromatic N) is 3. The fourth-order valence-electron chi connectivity index (χ4n) is 8.65. The smallest absolute Gasteiger partial charge is 0.333 e. The molecule has 1 aromatic carbocycles. The van der Waals surface area contributed by atoms with E-state index in [2.05, 4.69) is 18.8 Å². The zero-order chi connectivity index (χ0) is 38.3. The number of oxazole rings is 1. The van der Waals surface area contributed by atoms with Crippen LogP contribution in [-0.2, 0) is 36.7 Å². The zero-order valence-corrected chi connectivity index (χ0v) is 32.9. The number of benzene rings is 1. The molecule has 2 unspecified atom stereocenters. The number of aliphatic hydroxyl groups is 1. The molecule has 0 radical (unpaired) electrons. The first kappa shape index (κ1) is 37.5. The second kappa shape index (κ2) is 12.9. The van der Waals surface area contributed by atoms with Crippen molar-refractivity contribution in [1.82, 2.24) is 14.1 Å². The van der Waals surface area contributed by atoms with Crippen molar-refractivity contribution >= 4 is 27.5 Å². The topological polar surface area (TPSA) is 144 Å². The third-order valence-electron chi connectivity index (χ3n) is 11.4. The Morgan fingerprint density at radius 2 is 1.70 bits per heavy atom. The van der Waals surface area contributed by atoms with E-state index < -0.39 is 39.7 Å². The molecule has 1 spiro atoms. The molecular weight excluding hydrogens is 699 g/mol. The van der Waals surface area contributed by atoms with Crippen LogP contribution in [0.5, 0.6) is 5.75 Å². The van der Waals surface area contributed by atoms with Crippen molar-refractivity contribution in [2.45, 2.75) is 110 Å². The van der Waals surface area contributed by atoms with Crippen LogP contribution in [0.25, 0.3) is 21.0 Å². The normalized spacial score (nSPS) is 23.6. The van der Waals surface area contributed by atoms with Crippen molar-refractivity contribution in [1.29, 1.82) is 0 Å². The summed E-state index contributed by atoms with van der Waals surface area (Å²) in [5.74, 6) is -0.384. The summed E-state index contributed by atoms with van der Waals surface area (Å²) in [6.07, 6.45) is 5.76. The number of aromatic nitrogens is 3. The summed E-state index contributed by atoms with van der Waals surface area (Å²) in [4.78, 5) is 48.5. The highest BCUT2D eigenvalue weighted by atomic mass is 32.1. The van der Waals surface area contributed by atoms with E-state index in [0.29, 0.717) is 58.5 Å². The fourth-order valence-corrected chi connectivity index (χ4v) is 9.88. The van der Waals surface area contributed by atoms with Gasteiger partial charge in [-0.05, 0) is 83.8 Å². The van der Waals surface area contributed by atoms with Gasteiger partial charge in [0.05, 0.1) is 43.3 Å². The Morgan fingerprint density at radius 3 is 2.28 bits per heavy atom. The van der Waals surface area contributed by atoms with Gasteiger partial charge in [0.15, 0.2) is 5.79 Å².